The van der Waals surface area contributed by atoms with Crippen molar-refractivity contribution < 1.29 is 18.7 Å². The van der Waals surface area contributed by atoms with Crippen molar-refractivity contribution in [1.82, 2.24) is 4.90 Å². The van der Waals surface area contributed by atoms with Gasteiger partial charge in [0.2, 0.25) is 0 Å². The quantitative estimate of drug-likeness (QED) is 0.797. The van der Waals surface area contributed by atoms with Gasteiger partial charge in [0.25, 0.3) is 5.91 Å². The van der Waals surface area contributed by atoms with E-state index < -0.39 is 11.7 Å². The molecule has 1 atom stereocenters. The number of amides is 1. The monoisotopic (exact) mass is 341 g/mol. The second kappa shape index (κ2) is 7.38. The van der Waals surface area contributed by atoms with Crippen LogP contribution in [0.25, 0.3) is 6.08 Å². The van der Waals surface area contributed by atoms with Gasteiger partial charge in [-0.25, -0.2) is 4.39 Å². The van der Waals surface area contributed by atoms with Gasteiger partial charge in [-0.2, -0.15) is 0 Å². The highest BCUT2D eigenvalue weighted by Crippen LogP contribution is 2.30. The number of hydrogen-bond acceptors (Lipinski definition) is 3. The zero-order valence-electron chi connectivity index (χ0n) is 14.2. The molecule has 0 radical (unpaired) electrons. The topological polar surface area (TPSA) is 38.8 Å². The predicted molar refractivity (Wildman–Crippen MR) is 94.0 cm³/mol. The maximum atomic E-state index is 14.4. The Morgan fingerprint density at radius 2 is 2.04 bits per heavy atom. The molecular weight excluding hydrogens is 321 g/mol. The first-order valence-electron chi connectivity index (χ1n) is 8.12. The standard InChI is InChI=1S/C20H20FNO3/c1-14-12-22(13-16-8-9-17(24-2)11-19(16)25-14)20(23)18(21)10-15-6-4-3-5-7-15/h3-11,14H,12-13H2,1-2H3/b18-10-/t14-/m0/s1. The molecule has 1 aliphatic rings. The van der Waals surface area contributed by atoms with E-state index >= 15 is 0 Å². The number of hydrogen-bond donors (Lipinski definition) is 0. The number of carbonyl (C=O) groups excluding carboxylic acids is 1. The van der Waals surface area contributed by atoms with Crippen LogP contribution in [0.3, 0.4) is 0 Å². The maximum Gasteiger partial charge on any atom is 0.283 e. The largest absolute Gasteiger partial charge is 0.497 e. The van der Waals surface area contributed by atoms with Crippen molar-refractivity contribution >= 4 is 12.0 Å². The molecule has 1 amide bonds. The second-order valence-corrected chi connectivity index (χ2v) is 5.99. The number of methoxy groups -OCH3 is 1. The molecule has 0 aromatic heterocycles. The molecule has 0 unspecified atom stereocenters. The van der Waals surface area contributed by atoms with Gasteiger partial charge < -0.3 is 14.4 Å². The van der Waals surface area contributed by atoms with Crippen LogP contribution in [0.2, 0.25) is 0 Å². The SMILES string of the molecule is COc1ccc2c(c1)O[C@@H](C)CN(C(=O)/C(F)=C/c1ccccc1)C2. The fourth-order valence-electron chi connectivity index (χ4n) is 2.80. The maximum absolute atomic E-state index is 14.4. The normalized spacial score (nSPS) is 17.3. The van der Waals surface area contributed by atoms with Gasteiger partial charge in [0.1, 0.15) is 17.6 Å². The van der Waals surface area contributed by atoms with E-state index in [-0.39, 0.29) is 6.10 Å². The first-order valence-corrected chi connectivity index (χ1v) is 8.12. The van der Waals surface area contributed by atoms with Gasteiger partial charge in [-0.15, -0.1) is 0 Å². The fraction of sp³-hybridized carbons (Fsp3) is 0.250. The average Bonchev–Trinajstić information content (AvgIpc) is 2.79. The number of fused-ring (bicyclic) bond motifs is 1. The average molecular weight is 341 g/mol. The lowest BCUT2D eigenvalue weighted by Gasteiger charge is -2.21. The lowest BCUT2D eigenvalue weighted by atomic mass is 10.1. The molecule has 0 bridgehead atoms. The van der Waals surface area contributed by atoms with Crippen LogP contribution in [0.15, 0.2) is 54.4 Å². The molecule has 0 fully saturated rings. The Bertz CT molecular complexity index is 789. The van der Waals surface area contributed by atoms with E-state index in [1.807, 2.05) is 19.1 Å². The Morgan fingerprint density at radius 3 is 2.76 bits per heavy atom. The summed E-state index contributed by atoms with van der Waals surface area (Å²) in [5.41, 5.74) is 1.48. The number of nitrogens with zero attached hydrogens (tertiary/aromatic N) is 1. The summed E-state index contributed by atoms with van der Waals surface area (Å²) in [4.78, 5) is 14.0. The van der Waals surface area contributed by atoms with E-state index in [1.165, 1.54) is 11.0 Å². The van der Waals surface area contributed by atoms with Crippen molar-refractivity contribution in [3.05, 3.63) is 65.5 Å². The highest BCUT2D eigenvalue weighted by Gasteiger charge is 2.26. The van der Waals surface area contributed by atoms with Crippen molar-refractivity contribution in [3.63, 3.8) is 0 Å². The molecule has 130 valence electrons. The minimum absolute atomic E-state index is 0.248. The number of carbonyl (C=O) groups is 1. The van der Waals surface area contributed by atoms with Gasteiger partial charge in [-0.3, -0.25) is 4.79 Å². The van der Waals surface area contributed by atoms with Crippen LogP contribution in [-0.4, -0.2) is 30.6 Å². The van der Waals surface area contributed by atoms with Crippen LogP contribution in [0.4, 0.5) is 4.39 Å². The highest BCUT2D eigenvalue weighted by molar-refractivity contribution is 5.95. The third-order valence-electron chi connectivity index (χ3n) is 4.03. The van der Waals surface area contributed by atoms with E-state index in [1.54, 1.807) is 43.5 Å². The molecule has 5 heteroatoms. The van der Waals surface area contributed by atoms with Gasteiger partial charge >= 0.3 is 0 Å². The summed E-state index contributed by atoms with van der Waals surface area (Å²) in [7, 11) is 1.58. The van der Waals surface area contributed by atoms with Crippen LogP contribution >= 0.6 is 0 Å². The Labute approximate surface area is 146 Å². The molecule has 1 heterocycles. The molecule has 0 spiro atoms. The molecule has 2 aromatic carbocycles. The summed E-state index contributed by atoms with van der Waals surface area (Å²) in [6.45, 7) is 2.46. The van der Waals surface area contributed by atoms with Crippen molar-refractivity contribution in [2.75, 3.05) is 13.7 Å². The van der Waals surface area contributed by atoms with Crippen LogP contribution in [0, 0.1) is 0 Å². The molecule has 0 N–H and O–H groups in total. The minimum atomic E-state index is -0.782. The lowest BCUT2D eigenvalue weighted by Crippen LogP contribution is -2.36. The van der Waals surface area contributed by atoms with Crippen molar-refractivity contribution in [2.24, 2.45) is 0 Å². The third kappa shape index (κ3) is 3.99. The van der Waals surface area contributed by atoms with Crippen LogP contribution in [0.5, 0.6) is 11.5 Å². The Kier molecular flexibility index (Phi) is 5.03. The van der Waals surface area contributed by atoms with Crippen LogP contribution in [0.1, 0.15) is 18.1 Å². The van der Waals surface area contributed by atoms with Crippen LogP contribution in [-0.2, 0) is 11.3 Å². The first-order chi connectivity index (χ1) is 12.1. The molecule has 1 aliphatic heterocycles. The Morgan fingerprint density at radius 1 is 1.28 bits per heavy atom. The summed E-state index contributed by atoms with van der Waals surface area (Å²) in [6.07, 6.45) is 1.01. The van der Waals surface area contributed by atoms with Gasteiger partial charge in [0, 0.05) is 18.2 Å². The molecule has 0 saturated heterocycles. The van der Waals surface area contributed by atoms with E-state index in [4.69, 9.17) is 9.47 Å². The molecule has 0 saturated carbocycles. The van der Waals surface area contributed by atoms with Gasteiger partial charge in [-0.1, -0.05) is 30.3 Å². The summed E-state index contributed by atoms with van der Waals surface area (Å²) < 4.78 is 25.5. The number of benzene rings is 2. The van der Waals surface area contributed by atoms with E-state index in [0.29, 0.717) is 30.2 Å². The van der Waals surface area contributed by atoms with E-state index in [9.17, 15) is 9.18 Å². The van der Waals surface area contributed by atoms with Crippen LogP contribution < -0.4 is 9.47 Å². The molecule has 25 heavy (non-hydrogen) atoms. The zero-order valence-corrected chi connectivity index (χ0v) is 14.2. The molecule has 0 aliphatic carbocycles. The fourth-order valence-corrected chi connectivity index (χ4v) is 2.80. The smallest absolute Gasteiger partial charge is 0.283 e. The molecule has 3 rings (SSSR count). The van der Waals surface area contributed by atoms with Crippen molar-refractivity contribution in [1.29, 1.82) is 0 Å². The van der Waals surface area contributed by atoms with E-state index in [0.717, 1.165) is 5.56 Å². The number of ether oxygens (including phenoxy) is 2. The minimum Gasteiger partial charge on any atom is -0.497 e. The predicted octanol–water partition coefficient (Wildman–Crippen LogP) is 3.82. The summed E-state index contributed by atoms with van der Waals surface area (Å²) in [5, 5.41) is 0. The van der Waals surface area contributed by atoms with E-state index in [2.05, 4.69) is 0 Å². The highest BCUT2D eigenvalue weighted by atomic mass is 19.1. The summed E-state index contributed by atoms with van der Waals surface area (Å²) >= 11 is 0. The third-order valence-corrected chi connectivity index (χ3v) is 4.03. The Hall–Kier alpha value is -2.82. The lowest BCUT2D eigenvalue weighted by molar-refractivity contribution is -0.129. The van der Waals surface area contributed by atoms with Crippen molar-refractivity contribution in [2.45, 2.75) is 19.6 Å². The summed E-state index contributed by atoms with van der Waals surface area (Å²) in [5.74, 6) is -0.0752. The molecule has 4 nitrogen and oxygen atoms in total. The van der Waals surface area contributed by atoms with Crippen molar-refractivity contribution in [3.8, 4) is 11.5 Å². The summed E-state index contributed by atoms with van der Waals surface area (Å²) in [6, 6.07) is 14.4. The number of halogens is 1. The zero-order chi connectivity index (χ0) is 17.8. The molecular formula is C20H20FNO3. The molecule has 2 aromatic rings. The van der Waals surface area contributed by atoms with Gasteiger partial charge in [-0.05, 0) is 30.7 Å². The van der Waals surface area contributed by atoms with Gasteiger partial charge in [0.15, 0.2) is 5.83 Å². The second-order valence-electron chi connectivity index (χ2n) is 5.99. The van der Waals surface area contributed by atoms with Gasteiger partial charge in [0.05, 0.1) is 13.7 Å². The first kappa shape index (κ1) is 17.0. The Balaban J connectivity index is 1.84. The number of rotatable bonds is 3.